The maximum absolute atomic E-state index is 3.87. The molecule has 2 aliphatic rings. The van der Waals surface area contributed by atoms with E-state index in [1.165, 1.54) is 51.4 Å². The second-order valence-electron chi connectivity index (χ2n) is 6.11. The van der Waals surface area contributed by atoms with Crippen molar-refractivity contribution in [1.82, 2.24) is 5.32 Å². The lowest BCUT2D eigenvalue weighted by Gasteiger charge is -2.37. The molecule has 2 aliphatic carbocycles. The van der Waals surface area contributed by atoms with Crippen molar-refractivity contribution in [2.75, 3.05) is 0 Å². The molecular formula is C13H25N. The van der Waals surface area contributed by atoms with Crippen molar-refractivity contribution in [1.29, 1.82) is 0 Å². The number of hydrogen-bond acceptors (Lipinski definition) is 1. The smallest absolute Gasteiger partial charge is 0.00747 e. The molecule has 0 bridgehead atoms. The SMILES string of the molecule is CC1(C)CCCC(NC2CCCC2)C1. The lowest BCUT2D eigenvalue weighted by molar-refractivity contribution is 0.189. The van der Waals surface area contributed by atoms with E-state index >= 15 is 0 Å². The molecule has 14 heavy (non-hydrogen) atoms. The minimum Gasteiger partial charge on any atom is -0.311 e. The first-order chi connectivity index (χ1) is 6.66. The standard InChI is InChI=1S/C13H25N/c1-13(2)9-5-8-12(10-13)14-11-6-3-4-7-11/h11-12,14H,3-10H2,1-2H3. The van der Waals surface area contributed by atoms with Gasteiger partial charge in [0.2, 0.25) is 0 Å². The van der Waals surface area contributed by atoms with E-state index in [2.05, 4.69) is 19.2 Å². The minimum absolute atomic E-state index is 0.592. The Morgan fingerprint density at radius 2 is 1.57 bits per heavy atom. The normalized spacial score (nSPS) is 33.4. The van der Waals surface area contributed by atoms with Crippen LogP contribution < -0.4 is 5.32 Å². The predicted octanol–water partition coefficient (Wildman–Crippen LogP) is 3.49. The summed E-state index contributed by atoms with van der Waals surface area (Å²) in [4.78, 5) is 0. The van der Waals surface area contributed by atoms with Crippen LogP contribution in [0.4, 0.5) is 0 Å². The first-order valence-electron chi connectivity index (χ1n) is 6.42. The lowest BCUT2D eigenvalue weighted by Crippen LogP contribution is -2.41. The average Bonchev–Trinajstić information content (AvgIpc) is 2.54. The molecule has 0 radical (unpaired) electrons. The quantitative estimate of drug-likeness (QED) is 0.711. The molecule has 82 valence electrons. The lowest BCUT2D eigenvalue weighted by atomic mass is 9.75. The fourth-order valence-corrected chi connectivity index (χ4v) is 3.27. The monoisotopic (exact) mass is 195 g/mol. The number of hydrogen-bond donors (Lipinski definition) is 1. The molecule has 2 saturated carbocycles. The third-order valence-electron chi connectivity index (χ3n) is 4.03. The van der Waals surface area contributed by atoms with Crippen LogP contribution in [0.2, 0.25) is 0 Å². The molecular weight excluding hydrogens is 170 g/mol. The van der Waals surface area contributed by atoms with E-state index in [1.807, 2.05) is 0 Å². The van der Waals surface area contributed by atoms with Crippen LogP contribution in [0.1, 0.15) is 65.2 Å². The van der Waals surface area contributed by atoms with Crippen LogP contribution in [0.25, 0.3) is 0 Å². The second-order valence-corrected chi connectivity index (χ2v) is 6.11. The molecule has 1 heteroatoms. The molecule has 0 saturated heterocycles. The van der Waals surface area contributed by atoms with Gasteiger partial charge in [-0.15, -0.1) is 0 Å². The van der Waals surface area contributed by atoms with Crippen LogP contribution in [0.5, 0.6) is 0 Å². The highest BCUT2D eigenvalue weighted by molar-refractivity contribution is 4.86. The molecule has 1 unspecified atom stereocenters. The molecule has 1 nitrogen and oxygen atoms in total. The fourth-order valence-electron chi connectivity index (χ4n) is 3.27. The van der Waals surface area contributed by atoms with Crippen LogP contribution in [-0.2, 0) is 0 Å². The van der Waals surface area contributed by atoms with Crippen LogP contribution in [0.15, 0.2) is 0 Å². The van der Waals surface area contributed by atoms with Gasteiger partial charge in [-0.1, -0.05) is 33.1 Å². The second kappa shape index (κ2) is 4.22. The van der Waals surface area contributed by atoms with Gasteiger partial charge in [0, 0.05) is 12.1 Å². The molecule has 2 rings (SSSR count). The van der Waals surface area contributed by atoms with Crippen LogP contribution in [0.3, 0.4) is 0 Å². The van der Waals surface area contributed by atoms with Gasteiger partial charge >= 0.3 is 0 Å². The summed E-state index contributed by atoms with van der Waals surface area (Å²) in [7, 11) is 0. The van der Waals surface area contributed by atoms with Gasteiger partial charge in [-0.3, -0.25) is 0 Å². The van der Waals surface area contributed by atoms with E-state index in [-0.39, 0.29) is 0 Å². The highest BCUT2D eigenvalue weighted by Gasteiger charge is 2.29. The van der Waals surface area contributed by atoms with E-state index in [4.69, 9.17) is 0 Å². The van der Waals surface area contributed by atoms with Crippen LogP contribution >= 0.6 is 0 Å². The fraction of sp³-hybridized carbons (Fsp3) is 1.00. The Hall–Kier alpha value is -0.0400. The van der Waals surface area contributed by atoms with E-state index in [0.717, 1.165) is 12.1 Å². The zero-order valence-electron chi connectivity index (χ0n) is 9.81. The van der Waals surface area contributed by atoms with Gasteiger partial charge in [-0.05, 0) is 37.5 Å². The first-order valence-corrected chi connectivity index (χ1v) is 6.42. The van der Waals surface area contributed by atoms with Crippen molar-refractivity contribution >= 4 is 0 Å². The van der Waals surface area contributed by atoms with Gasteiger partial charge in [-0.25, -0.2) is 0 Å². The van der Waals surface area contributed by atoms with Crippen LogP contribution in [-0.4, -0.2) is 12.1 Å². The van der Waals surface area contributed by atoms with Crippen LogP contribution in [0, 0.1) is 5.41 Å². The first kappa shape index (κ1) is 10.5. The van der Waals surface area contributed by atoms with Gasteiger partial charge < -0.3 is 5.32 Å². The van der Waals surface area contributed by atoms with E-state index in [0.29, 0.717) is 5.41 Å². The third-order valence-corrected chi connectivity index (χ3v) is 4.03. The molecule has 0 aromatic rings. The molecule has 1 N–H and O–H groups in total. The van der Waals surface area contributed by atoms with Gasteiger partial charge in [0.15, 0.2) is 0 Å². The van der Waals surface area contributed by atoms with Crippen molar-refractivity contribution in [3.8, 4) is 0 Å². The molecule has 0 aliphatic heterocycles. The molecule has 0 amide bonds. The molecule has 0 aromatic heterocycles. The summed E-state index contributed by atoms with van der Waals surface area (Å²) in [6.07, 6.45) is 11.4. The van der Waals surface area contributed by atoms with Gasteiger partial charge in [0.05, 0.1) is 0 Å². The Kier molecular flexibility index (Phi) is 3.16. The van der Waals surface area contributed by atoms with E-state index in [1.54, 1.807) is 0 Å². The van der Waals surface area contributed by atoms with E-state index < -0.39 is 0 Å². The Labute approximate surface area is 88.7 Å². The summed E-state index contributed by atoms with van der Waals surface area (Å²) < 4.78 is 0. The van der Waals surface area contributed by atoms with Crippen molar-refractivity contribution in [2.24, 2.45) is 5.41 Å². The van der Waals surface area contributed by atoms with Gasteiger partial charge in [-0.2, -0.15) is 0 Å². The summed E-state index contributed by atoms with van der Waals surface area (Å²) in [5, 5.41) is 3.87. The number of nitrogens with one attached hydrogen (secondary N) is 1. The number of rotatable bonds is 2. The predicted molar refractivity (Wildman–Crippen MR) is 61.4 cm³/mol. The minimum atomic E-state index is 0.592. The maximum atomic E-state index is 3.87. The average molecular weight is 195 g/mol. The Morgan fingerprint density at radius 3 is 2.21 bits per heavy atom. The van der Waals surface area contributed by atoms with Gasteiger partial charge in [0.1, 0.15) is 0 Å². The maximum Gasteiger partial charge on any atom is 0.00747 e. The Morgan fingerprint density at radius 1 is 0.929 bits per heavy atom. The largest absolute Gasteiger partial charge is 0.311 e. The summed E-state index contributed by atoms with van der Waals surface area (Å²) in [5.74, 6) is 0. The zero-order valence-corrected chi connectivity index (χ0v) is 9.81. The van der Waals surface area contributed by atoms with Crippen molar-refractivity contribution in [3.05, 3.63) is 0 Å². The molecule has 0 spiro atoms. The third kappa shape index (κ3) is 2.73. The topological polar surface area (TPSA) is 12.0 Å². The zero-order chi connectivity index (χ0) is 10.0. The van der Waals surface area contributed by atoms with Crippen molar-refractivity contribution in [3.63, 3.8) is 0 Å². The summed E-state index contributed by atoms with van der Waals surface area (Å²) in [6.45, 7) is 4.85. The summed E-state index contributed by atoms with van der Waals surface area (Å²) >= 11 is 0. The van der Waals surface area contributed by atoms with Gasteiger partial charge in [0.25, 0.3) is 0 Å². The summed E-state index contributed by atoms with van der Waals surface area (Å²) in [6, 6.07) is 1.68. The summed E-state index contributed by atoms with van der Waals surface area (Å²) in [5.41, 5.74) is 0.592. The Balaban J connectivity index is 1.79. The molecule has 0 aromatic carbocycles. The van der Waals surface area contributed by atoms with E-state index in [9.17, 15) is 0 Å². The highest BCUT2D eigenvalue weighted by atomic mass is 15.0. The Bertz CT molecular complexity index is 180. The molecule has 2 fully saturated rings. The molecule has 1 atom stereocenters. The van der Waals surface area contributed by atoms with Crippen molar-refractivity contribution < 1.29 is 0 Å². The van der Waals surface area contributed by atoms with Crippen molar-refractivity contribution in [2.45, 2.75) is 77.3 Å². The molecule has 0 heterocycles. The highest BCUT2D eigenvalue weighted by Crippen LogP contribution is 2.35.